The van der Waals surface area contributed by atoms with Crippen molar-refractivity contribution in [2.45, 2.75) is 93.1 Å². The molecular weight excluding hydrogens is 630 g/mol. The normalized spacial score (nSPS) is 19.5. The van der Waals surface area contributed by atoms with Crippen LogP contribution in [0.4, 0.5) is 0 Å². The molecule has 6 nitrogen and oxygen atoms in total. The van der Waals surface area contributed by atoms with Gasteiger partial charge in [0.25, 0.3) is 0 Å². The number of Topliss-reactive ketones (excluding diaryl/α,β-unsaturated/α-hetero) is 2. The molecule has 2 aliphatic carbocycles. The van der Waals surface area contributed by atoms with Gasteiger partial charge in [-0.1, -0.05) is 57.0 Å². The first kappa shape index (κ1) is 33.5. The number of rotatable bonds is 10. The van der Waals surface area contributed by atoms with Crippen LogP contribution >= 0.6 is 15.9 Å². The fourth-order valence-electron chi connectivity index (χ4n) is 7.48. The summed E-state index contributed by atoms with van der Waals surface area (Å²) in [6.45, 7) is 17.0. The first-order valence-corrected chi connectivity index (χ1v) is 17.0. The third-order valence-electron chi connectivity index (χ3n) is 9.08. The number of carbonyl (C=O) groups excluding carboxylic acids is 2. The van der Waals surface area contributed by atoms with Gasteiger partial charge in [-0.25, -0.2) is 0 Å². The highest BCUT2D eigenvalue weighted by molar-refractivity contribution is 9.10. The van der Waals surface area contributed by atoms with Crippen LogP contribution in [0.3, 0.4) is 0 Å². The van der Waals surface area contributed by atoms with E-state index in [1.165, 1.54) is 11.1 Å². The molecule has 7 heteroatoms. The average molecular weight is 679 g/mol. The molecule has 0 saturated heterocycles. The quantitative estimate of drug-likeness (QED) is 0.234. The Morgan fingerprint density at radius 3 is 1.96 bits per heavy atom. The maximum absolute atomic E-state index is 14.2. The SMILES string of the molecule is CCOc1cc(C2C3=C(CC(C)(C)CC3=O)N(CCCOC)C3=C2C(=O)CC(C)(C)C3)cc(Br)c1OCc1cc(C)cc(C)c1. The van der Waals surface area contributed by atoms with Gasteiger partial charge < -0.3 is 19.1 Å². The van der Waals surface area contributed by atoms with E-state index in [2.05, 4.69) is 80.6 Å². The van der Waals surface area contributed by atoms with Gasteiger partial charge in [-0.15, -0.1) is 0 Å². The Morgan fingerprint density at radius 2 is 1.42 bits per heavy atom. The number of nitrogens with zero attached hydrogens (tertiary/aromatic N) is 1. The summed E-state index contributed by atoms with van der Waals surface area (Å²) >= 11 is 3.80. The first-order valence-electron chi connectivity index (χ1n) is 16.2. The van der Waals surface area contributed by atoms with Gasteiger partial charge in [0.15, 0.2) is 23.1 Å². The summed E-state index contributed by atoms with van der Waals surface area (Å²) in [5, 5.41) is 0. The maximum Gasteiger partial charge on any atom is 0.175 e. The second-order valence-electron chi connectivity index (χ2n) is 14.6. The first-order chi connectivity index (χ1) is 21.2. The van der Waals surface area contributed by atoms with Gasteiger partial charge in [0.05, 0.1) is 11.1 Å². The summed E-state index contributed by atoms with van der Waals surface area (Å²) in [5.41, 5.74) is 7.64. The Balaban J connectivity index is 1.65. The zero-order valence-corrected chi connectivity index (χ0v) is 29.8. The molecule has 0 fully saturated rings. The Morgan fingerprint density at radius 1 is 0.844 bits per heavy atom. The van der Waals surface area contributed by atoms with Crippen LogP contribution in [0.1, 0.15) is 94.9 Å². The average Bonchev–Trinajstić information content (AvgIpc) is 2.91. The second-order valence-corrected chi connectivity index (χ2v) is 15.4. The molecule has 0 unspecified atom stereocenters. The van der Waals surface area contributed by atoms with Crippen LogP contribution < -0.4 is 9.47 Å². The minimum absolute atomic E-state index is 0.122. The van der Waals surface area contributed by atoms with Gasteiger partial charge in [0.1, 0.15) is 6.61 Å². The lowest BCUT2D eigenvalue weighted by molar-refractivity contribution is -0.119. The molecule has 0 N–H and O–H groups in total. The Bertz CT molecular complexity index is 1490. The molecule has 0 saturated carbocycles. The number of benzene rings is 2. The lowest BCUT2D eigenvalue weighted by Gasteiger charge is -2.49. The molecular formula is C38H48BrNO5. The van der Waals surface area contributed by atoms with Crippen LogP contribution in [0.25, 0.3) is 0 Å². The van der Waals surface area contributed by atoms with E-state index >= 15 is 0 Å². The summed E-state index contributed by atoms with van der Waals surface area (Å²) in [6.07, 6.45) is 3.27. The predicted octanol–water partition coefficient (Wildman–Crippen LogP) is 8.77. The van der Waals surface area contributed by atoms with Crippen LogP contribution in [0, 0.1) is 24.7 Å². The molecule has 0 atom stereocenters. The number of hydrogen-bond acceptors (Lipinski definition) is 6. The van der Waals surface area contributed by atoms with Crippen LogP contribution in [0.15, 0.2) is 57.3 Å². The van der Waals surface area contributed by atoms with Crippen molar-refractivity contribution in [3.8, 4) is 11.5 Å². The van der Waals surface area contributed by atoms with Crippen molar-refractivity contribution < 1.29 is 23.8 Å². The third kappa shape index (κ3) is 7.10. The van der Waals surface area contributed by atoms with Crippen molar-refractivity contribution in [2.75, 3.05) is 26.9 Å². The zero-order chi connectivity index (χ0) is 32.7. The van der Waals surface area contributed by atoms with E-state index in [1.54, 1.807) is 7.11 Å². The van der Waals surface area contributed by atoms with Crippen LogP contribution in [0.5, 0.6) is 11.5 Å². The van der Waals surface area contributed by atoms with Gasteiger partial charge in [0.2, 0.25) is 0 Å². The monoisotopic (exact) mass is 677 g/mol. The van der Waals surface area contributed by atoms with E-state index in [0.29, 0.717) is 50.7 Å². The van der Waals surface area contributed by atoms with E-state index < -0.39 is 5.92 Å². The minimum Gasteiger partial charge on any atom is -0.490 e. The molecule has 1 aliphatic heterocycles. The van der Waals surface area contributed by atoms with Gasteiger partial charge in [-0.05, 0) is 90.1 Å². The molecule has 0 spiro atoms. The Labute approximate surface area is 277 Å². The highest BCUT2D eigenvalue weighted by atomic mass is 79.9. The van der Waals surface area contributed by atoms with E-state index in [4.69, 9.17) is 14.2 Å². The Kier molecular flexibility index (Phi) is 9.72. The van der Waals surface area contributed by atoms with Crippen molar-refractivity contribution in [2.24, 2.45) is 10.8 Å². The molecule has 242 valence electrons. The van der Waals surface area contributed by atoms with E-state index in [1.807, 2.05) is 19.1 Å². The molecule has 0 aromatic heterocycles. The van der Waals surface area contributed by atoms with Crippen LogP contribution in [-0.4, -0.2) is 43.3 Å². The van der Waals surface area contributed by atoms with Gasteiger partial charge in [0, 0.05) is 61.6 Å². The Hall–Kier alpha value is -2.90. The summed E-state index contributed by atoms with van der Waals surface area (Å²) in [4.78, 5) is 30.7. The molecule has 0 amide bonds. The predicted molar refractivity (Wildman–Crippen MR) is 182 cm³/mol. The largest absolute Gasteiger partial charge is 0.490 e. The number of hydrogen-bond donors (Lipinski definition) is 0. The van der Waals surface area contributed by atoms with Crippen LogP contribution in [0.2, 0.25) is 0 Å². The summed E-state index contributed by atoms with van der Waals surface area (Å²) < 4.78 is 18.7. The molecule has 0 radical (unpaired) electrons. The lowest BCUT2D eigenvalue weighted by atomic mass is 9.63. The van der Waals surface area contributed by atoms with Crippen molar-refractivity contribution in [1.82, 2.24) is 4.90 Å². The standard InChI is InChI=1S/C38H48BrNO5/c1-9-44-32-17-26(16-27(39)36(32)45-22-25-14-23(2)13-24(3)15-25)33-34-28(18-37(4,5)20-30(34)41)40(11-10-12-43-8)29-19-38(6,7)21-31(42)35(29)33/h13-17,33H,9-12,18-22H2,1-8H3. The molecule has 5 rings (SSSR count). The summed E-state index contributed by atoms with van der Waals surface area (Å²) in [6, 6.07) is 10.4. The third-order valence-corrected chi connectivity index (χ3v) is 9.67. The van der Waals surface area contributed by atoms with Crippen LogP contribution in [-0.2, 0) is 20.9 Å². The van der Waals surface area contributed by atoms with E-state index in [-0.39, 0.29) is 22.4 Å². The number of ketones is 2. The highest BCUT2D eigenvalue weighted by Crippen LogP contribution is 2.55. The topological polar surface area (TPSA) is 65.1 Å². The fraction of sp³-hybridized carbons (Fsp3) is 0.526. The molecule has 2 aromatic carbocycles. The molecule has 3 aliphatic rings. The summed E-state index contributed by atoms with van der Waals surface area (Å²) in [5.74, 6) is 1.01. The fourth-order valence-corrected chi connectivity index (χ4v) is 8.06. The number of halogens is 1. The summed E-state index contributed by atoms with van der Waals surface area (Å²) in [7, 11) is 1.71. The molecule has 1 heterocycles. The molecule has 0 bridgehead atoms. The number of methoxy groups -OCH3 is 1. The number of carbonyl (C=O) groups is 2. The maximum atomic E-state index is 14.2. The van der Waals surface area contributed by atoms with Crippen molar-refractivity contribution in [1.29, 1.82) is 0 Å². The van der Waals surface area contributed by atoms with Gasteiger partial charge >= 0.3 is 0 Å². The minimum atomic E-state index is -0.454. The van der Waals surface area contributed by atoms with Crippen molar-refractivity contribution >= 4 is 27.5 Å². The smallest absolute Gasteiger partial charge is 0.175 e. The van der Waals surface area contributed by atoms with Gasteiger partial charge in [-0.2, -0.15) is 0 Å². The van der Waals surface area contributed by atoms with Crippen molar-refractivity contribution in [3.63, 3.8) is 0 Å². The van der Waals surface area contributed by atoms with E-state index in [0.717, 1.165) is 57.4 Å². The van der Waals surface area contributed by atoms with E-state index in [9.17, 15) is 9.59 Å². The lowest BCUT2D eigenvalue weighted by Crippen LogP contribution is -2.44. The van der Waals surface area contributed by atoms with Gasteiger partial charge in [-0.3, -0.25) is 9.59 Å². The highest BCUT2D eigenvalue weighted by Gasteiger charge is 2.49. The second kappa shape index (κ2) is 13.1. The number of allylic oxidation sites excluding steroid dienone is 4. The number of ether oxygens (including phenoxy) is 3. The zero-order valence-electron chi connectivity index (χ0n) is 28.2. The molecule has 45 heavy (non-hydrogen) atoms. The number of aryl methyl sites for hydroxylation is 2. The van der Waals surface area contributed by atoms with Crippen molar-refractivity contribution in [3.05, 3.63) is 79.6 Å². The molecule has 2 aromatic rings.